The lowest BCUT2D eigenvalue weighted by Crippen LogP contribution is -1.95. The van der Waals surface area contributed by atoms with E-state index in [1.54, 1.807) is 0 Å². The van der Waals surface area contributed by atoms with Crippen molar-refractivity contribution in [3.05, 3.63) is 181 Å². The lowest BCUT2D eigenvalue weighted by molar-refractivity contribution is 1.11. The predicted molar refractivity (Wildman–Crippen MR) is 218 cm³/mol. The molecule has 242 valence electrons. The third kappa shape index (κ3) is 4.71. The standard InChI is InChI=1S/C49H36N2/c1-3-33-11-10-14-39(28-33)50-46-17-8-6-15-42(46)44-30-37(21-25-48(44)50)36-20-24-41(32(2)27-36)38-22-26-49-45(31-38)43-16-7-9-18-47(43)51(49)40-23-19-34-12-4-5-13-35(34)29-40/h4-31H,3H2,1-2H3. The first kappa shape index (κ1) is 29.5. The molecular formula is C49H36N2. The monoisotopic (exact) mass is 652 g/mol. The maximum Gasteiger partial charge on any atom is 0.0541 e. The Kier molecular flexibility index (Phi) is 6.72. The highest BCUT2D eigenvalue weighted by Crippen LogP contribution is 2.39. The minimum Gasteiger partial charge on any atom is -0.309 e. The maximum atomic E-state index is 2.41. The van der Waals surface area contributed by atoms with Gasteiger partial charge in [0.15, 0.2) is 0 Å². The summed E-state index contributed by atoms with van der Waals surface area (Å²) in [5.74, 6) is 0. The van der Waals surface area contributed by atoms with Gasteiger partial charge >= 0.3 is 0 Å². The Bertz CT molecular complexity index is 2970. The second-order valence-corrected chi connectivity index (χ2v) is 13.8. The van der Waals surface area contributed by atoms with Crippen molar-refractivity contribution < 1.29 is 0 Å². The lowest BCUT2D eigenvalue weighted by atomic mass is 9.94. The molecule has 2 nitrogen and oxygen atoms in total. The van der Waals surface area contributed by atoms with Gasteiger partial charge in [-0.15, -0.1) is 0 Å². The van der Waals surface area contributed by atoms with Crippen molar-refractivity contribution in [1.82, 2.24) is 9.13 Å². The van der Waals surface area contributed by atoms with Gasteiger partial charge in [-0.25, -0.2) is 0 Å². The molecule has 0 fully saturated rings. The van der Waals surface area contributed by atoms with Crippen LogP contribution in [0.5, 0.6) is 0 Å². The number of hydrogen-bond donors (Lipinski definition) is 0. The quantitative estimate of drug-likeness (QED) is 0.175. The molecule has 0 saturated carbocycles. The summed E-state index contributed by atoms with van der Waals surface area (Å²) in [6, 6.07) is 62.7. The smallest absolute Gasteiger partial charge is 0.0541 e. The number of benzene rings is 8. The average Bonchev–Trinajstić information content (AvgIpc) is 3.70. The minimum absolute atomic E-state index is 1.02. The van der Waals surface area contributed by atoms with E-state index in [4.69, 9.17) is 0 Å². The van der Waals surface area contributed by atoms with Crippen LogP contribution in [0.25, 0.3) is 88.0 Å². The minimum atomic E-state index is 1.02. The summed E-state index contributed by atoms with van der Waals surface area (Å²) in [5, 5.41) is 7.60. The lowest BCUT2D eigenvalue weighted by Gasteiger charge is -2.12. The van der Waals surface area contributed by atoms with Crippen LogP contribution in [0.15, 0.2) is 170 Å². The molecule has 8 aromatic carbocycles. The van der Waals surface area contributed by atoms with Crippen molar-refractivity contribution in [3.63, 3.8) is 0 Å². The molecule has 0 amide bonds. The van der Waals surface area contributed by atoms with Crippen LogP contribution in [0, 0.1) is 6.92 Å². The Hall–Kier alpha value is -6.38. The van der Waals surface area contributed by atoms with Gasteiger partial charge in [0.05, 0.1) is 22.1 Å². The van der Waals surface area contributed by atoms with Gasteiger partial charge in [0.25, 0.3) is 0 Å². The zero-order valence-electron chi connectivity index (χ0n) is 28.8. The van der Waals surface area contributed by atoms with Crippen LogP contribution in [-0.2, 0) is 6.42 Å². The maximum absolute atomic E-state index is 2.41. The summed E-state index contributed by atoms with van der Waals surface area (Å²) in [4.78, 5) is 0. The van der Waals surface area contributed by atoms with E-state index in [9.17, 15) is 0 Å². The molecule has 0 atom stereocenters. The third-order valence-corrected chi connectivity index (χ3v) is 10.8. The van der Waals surface area contributed by atoms with E-state index in [1.165, 1.54) is 99.1 Å². The summed E-state index contributed by atoms with van der Waals surface area (Å²) < 4.78 is 4.82. The molecule has 51 heavy (non-hydrogen) atoms. The molecule has 0 N–H and O–H groups in total. The number of nitrogens with zero attached hydrogens (tertiary/aromatic N) is 2. The molecule has 0 aliphatic heterocycles. The van der Waals surface area contributed by atoms with E-state index < -0.39 is 0 Å². The summed E-state index contributed by atoms with van der Waals surface area (Å²) >= 11 is 0. The first-order valence-corrected chi connectivity index (χ1v) is 17.9. The highest BCUT2D eigenvalue weighted by molar-refractivity contribution is 6.12. The SMILES string of the molecule is CCc1cccc(-n2c3ccccc3c3cc(-c4ccc(-c5ccc6c(c5)c5ccccc5n6-c5ccc6ccccc6c5)c(C)c4)ccc32)c1. The van der Waals surface area contributed by atoms with Gasteiger partial charge in [-0.3, -0.25) is 0 Å². The Balaban J connectivity index is 1.06. The molecule has 0 aliphatic carbocycles. The van der Waals surface area contributed by atoms with Crippen molar-refractivity contribution in [2.75, 3.05) is 0 Å². The molecule has 10 aromatic rings. The largest absolute Gasteiger partial charge is 0.309 e. The van der Waals surface area contributed by atoms with Crippen LogP contribution in [-0.4, -0.2) is 9.13 Å². The number of aromatic nitrogens is 2. The van der Waals surface area contributed by atoms with Crippen LogP contribution in [0.1, 0.15) is 18.1 Å². The van der Waals surface area contributed by atoms with Crippen LogP contribution >= 0.6 is 0 Å². The summed E-state index contributed by atoms with van der Waals surface area (Å²) in [6.07, 6.45) is 1.02. The van der Waals surface area contributed by atoms with Gasteiger partial charge in [-0.2, -0.15) is 0 Å². The van der Waals surface area contributed by atoms with Crippen molar-refractivity contribution in [1.29, 1.82) is 0 Å². The zero-order chi connectivity index (χ0) is 34.1. The number of hydrogen-bond acceptors (Lipinski definition) is 0. The van der Waals surface area contributed by atoms with E-state index in [1.807, 2.05) is 0 Å². The second kappa shape index (κ2) is 11.6. The zero-order valence-corrected chi connectivity index (χ0v) is 28.8. The van der Waals surface area contributed by atoms with E-state index in [0.717, 1.165) is 6.42 Å². The van der Waals surface area contributed by atoms with Crippen LogP contribution in [0.4, 0.5) is 0 Å². The Morgan fingerprint density at radius 2 is 0.961 bits per heavy atom. The first-order valence-electron chi connectivity index (χ1n) is 17.9. The summed E-state index contributed by atoms with van der Waals surface area (Å²) in [7, 11) is 0. The van der Waals surface area contributed by atoms with Crippen LogP contribution < -0.4 is 0 Å². The van der Waals surface area contributed by atoms with Gasteiger partial charge in [0.1, 0.15) is 0 Å². The summed E-state index contributed by atoms with van der Waals surface area (Å²) in [5.41, 5.74) is 14.9. The highest BCUT2D eigenvalue weighted by Gasteiger charge is 2.16. The fraction of sp³-hybridized carbons (Fsp3) is 0.0612. The molecule has 0 saturated heterocycles. The highest BCUT2D eigenvalue weighted by atomic mass is 15.0. The van der Waals surface area contributed by atoms with Crippen LogP contribution in [0.3, 0.4) is 0 Å². The Morgan fingerprint density at radius 1 is 0.392 bits per heavy atom. The van der Waals surface area contributed by atoms with Gasteiger partial charge in [-0.1, -0.05) is 116 Å². The molecule has 2 aromatic heterocycles. The Labute approximate surface area is 297 Å². The molecule has 0 bridgehead atoms. The first-order chi connectivity index (χ1) is 25.1. The van der Waals surface area contributed by atoms with E-state index in [-0.39, 0.29) is 0 Å². The van der Waals surface area contributed by atoms with E-state index in [2.05, 4.69) is 193 Å². The fourth-order valence-corrected chi connectivity index (χ4v) is 8.25. The van der Waals surface area contributed by atoms with Gasteiger partial charge < -0.3 is 9.13 Å². The average molecular weight is 653 g/mol. The van der Waals surface area contributed by atoms with E-state index in [0.29, 0.717) is 0 Å². The molecule has 10 rings (SSSR count). The molecule has 0 spiro atoms. The number of aryl methyl sites for hydroxylation is 2. The van der Waals surface area contributed by atoms with Crippen molar-refractivity contribution in [2.45, 2.75) is 20.3 Å². The summed E-state index contributed by atoms with van der Waals surface area (Å²) in [6.45, 7) is 4.46. The Morgan fingerprint density at radius 3 is 1.67 bits per heavy atom. The van der Waals surface area contributed by atoms with E-state index >= 15 is 0 Å². The third-order valence-electron chi connectivity index (χ3n) is 10.8. The topological polar surface area (TPSA) is 9.86 Å². The fourth-order valence-electron chi connectivity index (χ4n) is 8.25. The molecule has 0 unspecified atom stereocenters. The molecule has 0 radical (unpaired) electrons. The van der Waals surface area contributed by atoms with Gasteiger partial charge in [0.2, 0.25) is 0 Å². The number of para-hydroxylation sites is 2. The predicted octanol–water partition coefficient (Wildman–Crippen LogP) is 13.2. The number of fused-ring (bicyclic) bond motifs is 7. The van der Waals surface area contributed by atoms with Crippen molar-refractivity contribution in [2.24, 2.45) is 0 Å². The molecule has 0 aliphatic rings. The number of rotatable bonds is 5. The van der Waals surface area contributed by atoms with Gasteiger partial charge in [-0.05, 0) is 118 Å². The molecule has 2 heterocycles. The van der Waals surface area contributed by atoms with Crippen molar-refractivity contribution in [3.8, 4) is 33.6 Å². The normalized spacial score (nSPS) is 11.8. The second-order valence-electron chi connectivity index (χ2n) is 13.8. The molecular weight excluding hydrogens is 617 g/mol. The van der Waals surface area contributed by atoms with Crippen LogP contribution in [0.2, 0.25) is 0 Å². The van der Waals surface area contributed by atoms with Gasteiger partial charge in [0, 0.05) is 32.9 Å². The molecule has 2 heteroatoms. The van der Waals surface area contributed by atoms with Crippen molar-refractivity contribution >= 4 is 54.4 Å².